The lowest BCUT2D eigenvalue weighted by Gasteiger charge is -2.32. The Kier molecular flexibility index (Phi) is 5.00. The molecule has 2 rings (SSSR count). The number of hydrogen-bond acceptors (Lipinski definition) is 3. The molecule has 2 fully saturated rings. The maximum atomic E-state index is 12.2. The molecule has 0 bridgehead atoms. The Hall–Kier alpha value is -1.08. The van der Waals surface area contributed by atoms with Crippen molar-refractivity contribution in [2.75, 3.05) is 19.6 Å². The van der Waals surface area contributed by atoms with Crippen molar-refractivity contribution in [2.24, 2.45) is 5.92 Å². The summed E-state index contributed by atoms with van der Waals surface area (Å²) in [5, 5.41) is 11.9. The summed E-state index contributed by atoms with van der Waals surface area (Å²) in [5.74, 6) is 0.304. The second-order valence-electron chi connectivity index (χ2n) is 5.58. The minimum atomic E-state index is 0.0917. The van der Waals surface area contributed by atoms with Gasteiger partial charge in [-0.15, -0.1) is 0 Å². The van der Waals surface area contributed by atoms with Crippen LogP contribution in [-0.2, 0) is 4.79 Å². The van der Waals surface area contributed by atoms with Crippen LogP contribution in [0.3, 0.4) is 0 Å². The lowest BCUT2D eigenvalue weighted by molar-refractivity contribution is -0.127. The van der Waals surface area contributed by atoms with E-state index in [0.717, 1.165) is 38.8 Å². The molecule has 4 heteroatoms. The summed E-state index contributed by atoms with van der Waals surface area (Å²) < 4.78 is 0. The molecule has 1 amide bonds. The van der Waals surface area contributed by atoms with Gasteiger partial charge in [-0.05, 0) is 32.2 Å². The average Bonchev–Trinajstić information content (AvgIpc) is 2.40. The van der Waals surface area contributed by atoms with Gasteiger partial charge in [-0.3, -0.25) is 9.69 Å². The second kappa shape index (κ2) is 6.75. The molecular formula is C14H23N3O. The Balaban J connectivity index is 1.79. The summed E-state index contributed by atoms with van der Waals surface area (Å²) in [6.45, 7) is 2.17. The minimum absolute atomic E-state index is 0.0917. The number of nitriles is 1. The van der Waals surface area contributed by atoms with E-state index in [2.05, 4.69) is 16.3 Å². The topological polar surface area (TPSA) is 56.1 Å². The number of rotatable bonds is 3. The van der Waals surface area contributed by atoms with Crippen LogP contribution < -0.4 is 5.32 Å². The van der Waals surface area contributed by atoms with Crippen molar-refractivity contribution in [1.82, 2.24) is 10.2 Å². The molecule has 0 aromatic carbocycles. The van der Waals surface area contributed by atoms with Gasteiger partial charge >= 0.3 is 0 Å². The van der Waals surface area contributed by atoms with Crippen LogP contribution in [0.1, 0.15) is 44.9 Å². The van der Waals surface area contributed by atoms with Crippen molar-refractivity contribution in [3.8, 4) is 6.07 Å². The van der Waals surface area contributed by atoms with E-state index in [1.807, 2.05) is 0 Å². The molecular weight excluding hydrogens is 226 g/mol. The smallest absolute Gasteiger partial charge is 0.224 e. The minimum Gasteiger partial charge on any atom is -0.353 e. The summed E-state index contributed by atoms with van der Waals surface area (Å²) in [7, 11) is 0. The van der Waals surface area contributed by atoms with Gasteiger partial charge in [0, 0.05) is 12.6 Å². The Morgan fingerprint density at radius 1 is 1.22 bits per heavy atom. The lowest BCUT2D eigenvalue weighted by Crippen LogP contribution is -2.46. The molecule has 0 radical (unpaired) electrons. The molecule has 4 nitrogen and oxygen atoms in total. The highest BCUT2D eigenvalue weighted by atomic mass is 16.2. The summed E-state index contributed by atoms with van der Waals surface area (Å²) in [4.78, 5) is 14.3. The van der Waals surface area contributed by atoms with Gasteiger partial charge in [-0.1, -0.05) is 19.3 Å². The molecule has 18 heavy (non-hydrogen) atoms. The van der Waals surface area contributed by atoms with Gasteiger partial charge in [0.25, 0.3) is 0 Å². The van der Waals surface area contributed by atoms with E-state index in [1.54, 1.807) is 0 Å². The van der Waals surface area contributed by atoms with E-state index in [-0.39, 0.29) is 11.8 Å². The number of nitrogens with one attached hydrogen (secondary N) is 1. The maximum absolute atomic E-state index is 12.2. The number of hydrogen-bond donors (Lipinski definition) is 1. The molecule has 1 saturated carbocycles. The zero-order valence-corrected chi connectivity index (χ0v) is 11.0. The predicted molar refractivity (Wildman–Crippen MR) is 69.8 cm³/mol. The number of nitrogens with zero attached hydrogens (tertiary/aromatic N) is 2. The van der Waals surface area contributed by atoms with Crippen LogP contribution in [0.15, 0.2) is 0 Å². The van der Waals surface area contributed by atoms with Gasteiger partial charge in [-0.2, -0.15) is 5.26 Å². The van der Waals surface area contributed by atoms with Crippen molar-refractivity contribution in [3.05, 3.63) is 0 Å². The largest absolute Gasteiger partial charge is 0.353 e. The summed E-state index contributed by atoms with van der Waals surface area (Å²) in [6, 6.07) is 2.57. The van der Waals surface area contributed by atoms with Gasteiger partial charge in [-0.25, -0.2) is 0 Å². The monoisotopic (exact) mass is 249 g/mol. The summed E-state index contributed by atoms with van der Waals surface area (Å²) >= 11 is 0. The third-order valence-electron chi connectivity index (χ3n) is 4.12. The molecule has 0 unspecified atom stereocenters. The molecule has 100 valence electrons. The summed E-state index contributed by atoms with van der Waals surface area (Å²) in [6.07, 6.45) is 8.09. The number of carbonyl (C=O) groups excluding carboxylic acids is 1. The van der Waals surface area contributed by atoms with Crippen LogP contribution in [0.2, 0.25) is 0 Å². The van der Waals surface area contributed by atoms with Gasteiger partial charge in [0.1, 0.15) is 0 Å². The van der Waals surface area contributed by atoms with E-state index >= 15 is 0 Å². The van der Waals surface area contributed by atoms with E-state index < -0.39 is 0 Å². The Morgan fingerprint density at radius 3 is 2.72 bits per heavy atom. The van der Waals surface area contributed by atoms with Gasteiger partial charge < -0.3 is 5.32 Å². The SMILES string of the molecule is N#CCN1CCC[C@H](C(=O)NC2CCCCC2)C1. The van der Waals surface area contributed by atoms with Crippen LogP contribution in [-0.4, -0.2) is 36.5 Å². The zero-order valence-electron chi connectivity index (χ0n) is 11.0. The first kappa shape index (κ1) is 13.4. The summed E-state index contributed by atoms with van der Waals surface area (Å²) in [5.41, 5.74) is 0. The number of amides is 1. The fraction of sp³-hybridized carbons (Fsp3) is 0.857. The molecule has 1 atom stereocenters. The number of carbonyl (C=O) groups is 1. The van der Waals surface area contributed by atoms with Gasteiger partial charge in [0.05, 0.1) is 18.5 Å². The number of piperidine rings is 1. The van der Waals surface area contributed by atoms with Crippen molar-refractivity contribution >= 4 is 5.91 Å². The number of likely N-dealkylation sites (tertiary alicyclic amines) is 1. The maximum Gasteiger partial charge on any atom is 0.224 e. The van der Waals surface area contributed by atoms with Crippen molar-refractivity contribution in [2.45, 2.75) is 51.0 Å². The van der Waals surface area contributed by atoms with Gasteiger partial charge in [0.15, 0.2) is 0 Å². The zero-order chi connectivity index (χ0) is 12.8. The van der Waals surface area contributed by atoms with E-state index in [1.165, 1.54) is 19.3 Å². The van der Waals surface area contributed by atoms with Crippen molar-refractivity contribution < 1.29 is 4.79 Å². The third kappa shape index (κ3) is 3.71. The normalized spacial score (nSPS) is 26.5. The third-order valence-corrected chi connectivity index (χ3v) is 4.12. The predicted octanol–water partition coefficient (Wildman–Crippen LogP) is 1.67. The molecule has 1 saturated heterocycles. The molecule has 1 aliphatic carbocycles. The van der Waals surface area contributed by atoms with Crippen LogP contribution in [0.5, 0.6) is 0 Å². The first-order valence-corrected chi connectivity index (χ1v) is 7.19. The first-order valence-electron chi connectivity index (χ1n) is 7.19. The standard InChI is InChI=1S/C14H23N3O/c15-8-10-17-9-4-5-12(11-17)14(18)16-13-6-2-1-3-7-13/h12-13H,1-7,9-11H2,(H,16,18)/t12-/m0/s1. The molecule has 0 aromatic heterocycles. The van der Waals surface area contributed by atoms with E-state index in [4.69, 9.17) is 5.26 Å². The molecule has 1 N–H and O–H groups in total. The van der Waals surface area contributed by atoms with E-state index in [9.17, 15) is 4.79 Å². The fourth-order valence-electron chi connectivity index (χ4n) is 3.08. The van der Waals surface area contributed by atoms with Crippen molar-refractivity contribution in [1.29, 1.82) is 5.26 Å². The fourth-order valence-corrected chi connectivity index (χ4v) is 3.08. The highest BCUT2D eigenvalue weighted by Gasteiger charge is 2.27. The Morgan fingerprint density at radius 2 is 2.00 bits per heavy atom. The molecule has 2 aliphatic rings. The van der Waals surface area contributed by atoms with Crippen molar-refractivity contribution in [3.63, 3.8) is 0 Å². The highest BCUT2D eigenvalue weighted by molar-refractivity contribution is 5.79. The second-order valence-corrected chi connectivity index (χ2v) is 5.58. The Labute approximate surface area is 109 Å². The highest BCUT2D eigenvalue weighted by Crippen LogP contribution is 2.20. The Bertz CT molecular complexity index is 317. The first-order chi connectivity index (χ1) is 8.79. The molecule has 0 aromatic rings. The quantitative estimate of drug-likeness (QED) is 0.774. The van der Waals surface area contributed by atoms with E-state index in [0.29, 0.717) is 12.6 Å². The lowest BCUT2D eigenvalue weighted by atomic mass is 9.93. The van der Waals surface area contributed by atoms with Crippen LogP contribution in [0.25, 0.3) is 0 Å². The van der Waals surface area contributed by atoms with Crippen LogP contribution in [0, 0.1) is 17.2 Å². The van der Waals surface area contributed by atoms with Crippen LogP contribution >= 0.6 is 0 Å². The molecule has 0 spiro atoms. The molecule has 1 heterocycles. The van der Waals surface area contributed by atoms with Crippen LogP contribution in [0.4, 0.5) is 0 Å². The average molecular weight is 249 g/mol. The van der Waals surface area contributed by atoms with Gasteiger partial charge in [0.2, 0.25) is 5.91 Å². The molecule has 1 aliphatic heterocycles.